The maximum absolute atomic E-state index is 6.35. The van der Waals surface area contributed by atoms with Crippen molar-refractivity contribution in [1.29, 1.82) is 0 Å². The zero-order valence-corrected chi connectivity index (χ0v) is 42.5. The fourth-order valence-corrected chi connectivity index (χ4v) is 11.1. The summed E-state index contributed by atoms with van der Waals surface area (Å²) in [5.74, 6) is 0. The zero-order chi connectivity index (χ0) is 50.9. The molecule has 0 aliphatic rings. The molecule has 0 radical (unpaired) electrons. The number of hydrogen-bond donors (Lipinski definition) is 0. The van der Waals surface area contributed by atoms with E-state index in [4.69, 9.17) is 13.3 Å². The van der Waals surface area contributed by atoms with Gasteiger partial charge in [0.25, 0.3) is 0 Å². The van der Waals surface area contributed by atoms with E-state index in [2.05, 4.69) is 198 Å². The van der Waals surface area contributed by atoms with E-state index in [1.807, 2.05) is 73.4 Å². The Hall–Kier alpha value is -9.60. The third kappa shape index (κ3) is 7.54. The van der Waals surface area contributed by atoms with E-state index >= 15 is 0 Å². The van der Waals surface area contributed by atoms with E-state index in [1.54, 1.807) is 0 Å². The number of benzene rings is 6. The molecule has 0 atom stereocenters. The van der Waals surface area contributed by atoms with Crippen molar-refractivity contribution < 1.29 is 27.0 Å². The lowest BCUT2D eigenvalue weighted by Crippen LogP contribution is -2.30. The van der Waals surface area contributed by atoms with Gasteiger partial charge in [-0.1, -0.05) is 48.5 Å². The van der Waals surface area contributed by atoms with Crippen molar-refractivity contribution in [3.8, 4) is 33.8 Å². The highest BCUT2D eigenvalue weighted by molar-refractivity contribution is 6.22. The van der Waals surface area contributed by atoms with Gasteiger partial charge < -0.3 is 13.3 Å². The van der Waals surface area contributed by atoms with Gasteiger partial charge in [0.1, 0.15) is 54.6 Å². The first-order valence-electron chi connectivity index (χ1n) is 25.1. The highest BCUT2D eigenvalue weighted by Gasteiger charge is 2.24. The summed E-state index contributed by atoms with van der Waals surface area (Å²) in [5.41, 5.74) is 17.0. The largest absolute Gasteiger partial charge is 0.455 e. The zero-order valence-electron chi connectivity index (χ0n) is 42.5. The summed E-state index contributed by atoms with van der Waals surface area (Å²) in [6.45, 7) is 6.40. The Morgan fingerprint density at radius 2 is 0.800 bits per heavy atom. The minimum absolute atomic E-state index is 0.881. The van der Waals surface area contributed by atoms with Gasteiger partial charge in [-0.15, -0.1) is 0 Å². The Morgan fingerprint density at radius 3 is 1.33 bits per heavy atom. The summed E-state index contributed by atoms with van der Waals surface area (Å²) in [6, 6.07) is 52.3. The monoisotopic (exact) mass is 975 g/mol. The quantitative estimate of drug-likeness (QED) is 0.164. The maximum Gasteiger partial charge on any atom is 0.216 e. The standard InChI is InChI=1S/3C22H17N2O/c1-14-8-10-16-20-18(11-9-15-6-5-12-23-21(15)20)25-22(16)19(14)17-7-3-4-13-24(17)2;1-14-6-8-17-21-16-10-11-23-13-15(16)7-9-19(21)25-22(17)20(14)18-5-3-4-12-24(18)2;1-14-6-8-16-21-17-13-23-11-10-15(17)7-9-19(21)25-22(16)20(14)18-5-3-4-12-24(18)2/h3*3-13H,1-2H3/q3*+1. The van der Waals surface area contributed by atoms with E-state index in [0.717, 1.165) is 121 Å². The summed E-state index contributed by atoms with van der Waals surface area (Å²) >= 11 is 0. The average Bonchev–Trinajstić information content (AvgIpc) is 4.20. The van der Waals surface area contributed by atoms with Gasteiger partial charge in [-0.3, -0.25) is 15.0 Å². The second-order valence-corrected chi connectivity index (χ2v) is 19.4. The molecule has 0 saturated heterocycles. The van der Waals surface area contributed by atoms with Crippen LogP contribution < -0.4 is 13.7 Å². The van der Waals surface area contributed by atoms with Crippen LogP contribution in [0.4, 0.5) is 0 Å². The molecule has 9 heterocycles. The number of fused-ring (bicyclic) bond motifs is 15. The molecule has 0 aliphatic heterocycles. The molecule has 15 aromatic rings. The van der Waals surface area contributed by atoms with Crippen molar-refractivity contribution in [2.75, 3.05) is 0 Å². The third-order valence-electron chi connectivity index (χ3n) is 14.8. The second kappa shape index (κ2) is 18.2. The molecule has 9 nitrogen and oxygen atoms in total. The predicted molar refractivity (Wildman–Crippen MR) is 301 cm³/mol. The molecule has 0 unspecified atom stereocenters. The molecular formula is C66H51N6O3+3. The van der Waals surface area contributed by atoms with Crippen LogP contribution >= 0.6 is 0 Å². The van der Waals surface area contributed by atoms with Crippen molar-refractivity contribution in [1.82, 2.24) is 15.0 Å². The van der Waals surface area contributed by atoms with Crippen LogP contribution in [0.5, 0.6) is 0 Å². The van der Waals surface area contributed by atoms with Crippen LogP contribution in [0.2, 0.25) is 0 Å². The van der Waals surface area contributed by atoms with Crippen molar-refractivity contribution in [3.63, 3.8) is 0 Å². The van der Waals surface area contributed by atoms with Gasteiger partial charge in [0, 0.05) is 110 Å². The second-order valence-electron chi connectivity index (χ2n) is 19.4. The Balaban J connectivity index is 0.000000108. The fraction of sp³-hybridized carbons (Fsp3) is 0.0909. The summed E-state index contributed by atoms with van der Waals surface area (Å²) in [5, 5.41) is 12.5. The maximum atomic E-state index is 6.35. The Morgan fingerprint density at radius 1 is 0.347 bits per heavy atom. The minimum atomic E-state index is 0.881. The molecule has 0 N–H and O–H groups in total. The number of rotatable bonds is 3. The van der Waals surface area contributed by atoms with Crippen molar-refractivity contribution >= 4 is 98.3 Å². The van der Waals surface area contributed by atoms with E-state index < -0.39 is 0 Å². The summed E-state index contributed by atoms with van der Waals surface area (Å²) in [4.78, 5) is 13.2. The van der Waals surface area contributed by atoms with Gasteiger partial charge in [-0.05, 0) is 115 Å². The molecule has 9 heteroatoms. The van der Waals surface area contributed by atoms with Gasteiger partial charge in [-0.25, -0.2) is 13.7 Å². The van der Waals surface area contributed by atoms with Crippen LogP contribution in [0.15, 0.2) is 214 Å². The van der Waals surface area contributed by atoms with Crippen molar-refractivity contribution in [3.05, 3.63) is 218 Å². The van der Waals surface area contributed by atoms with Crippen LogP contribution in [-0.2, 0) is 21.1 Å². The molecule has 0 fully saturated rings. The van der Waals surface area contributed by atoms with Gasteiger partial charge in [0.15, 0.2) is 18.6 Å². The van der Waals surface area contributed by atoms with Crippen molar-refractivity contribution in [2.24, 2.45) is 21.1 Å². The first-order valence-corrected chi connectivity index (χ1v) is 25.1. The van der Waals surface area contributed by atoms with Crippen LogP contribution in [-0.4, -0.2) is 15.0 Å². The molecular weight excluding hydrogens is 925 g/mol. The number of nitrogens with zero attached hydrogens (tertiary/aromatic N) is 6. The smallest absolute Gasteiger partial charge is 0.216 e. The highest BCUT2D eigenvalue weighted by atomic mass is 16.3. The molecule has 75 heavy (non-hydrogen) atoms. The third-order valence-corrected chi connectivity index (χ3v) is 14.8. The average molecular weight is 976 g/mol. The molecule has 9 aromatic heterocycles. The van der Waals surface area contributed by atoms with E-state index in [1.165, 1.54) is 27.5 Å². The Kier molecular flexibility index (Phi) is 11.0. The van der Waals surface area contributed by atoms with E-state index in [-0.39, 0.29) is 0 Å². The molecule has 6 aromatic carbocycles. The topological polar surface area (TPSA) is 89.7 Å². The lowest BCUT2D eigenvalue weighted by atomic mass is 9.99. The lowest BCUT2D eigenvalue weighted by Gasteiger charge is -2.05. The molecule has 0 saturated carbocycles. The summed E-state index contributed by atoms with van der Waals surface area (Å²) in [6.07, 6.45) is 15.5. The van der Waals surface area contributed by atoms with Crippen LogP contribution in [0.1, 0.15) is 16.7 Å². The molecule has 360 valence electrons. The van der Waals surface area contributed by atoms with Crippen LogP contribution in [0, 0.1) is 20.8 Å². The summed E-state index contributed by atoms with van der Waals surface area (Å²) in [7, 11) is 6.19. The number of aryl methyl sites for hydroxylation is 6. The minimum Gasteiger partial charge on any atom is -0.455 e. The SMILES string of the molecule is Cc1ccc2c(oc3ccc4cccnc4c32)c1-c1cccc[n+]1C.Cc1ccc2c(oc3ccc4ccncc4c32)c1-c1cccc[n+]1C.Cc1ccc2c(oc3ccc4cnccc4c32)c1-c1cccc[n+]1C. The number of furan rings is 3. The van der Waals surface area contributed by atoms with Crippen LogP contribution in [0.3, 0.4) is 0 Å². The Bertz CT molecular complexity index is 4280. The summed E-state index contributed by atoms with van der Waals surface area (Å²) < 4.78 is 25.4. The molecule has 0 amide bonds. The van der Waals surface area contributed by atoms with Gasteiger partial charge in [-0.2, -0.15) is 0 Å². The fourth-order valence-electron chi connectivity index (χ4n) is 11.1. The first kappa shape index (κ1) is 45.3. The number of pyridine rings is 6. The Labute approximate surface area is 431 Å². The predicted octanol–water partition coefficient (Wildman–Crippen LogP) is 14.8. The normalized spacial score (nSPS) is 11.6. The molecule has 0 aliphatic carbocycles. The van der Waals surface area contributed by atoms with E-state index in [0.29, 0.717) is 0 Å². The molecule has 15 rings (SSSR count). The number of hydrogen-bond acceptors (Lipinski definition) is 6. The van der Waals surface area contributed by atoms with Gasteiger partial charge >= 0.3 is 0 Å². The van der Waals surface area contributed by atoms with E-state index in [9.17, 15) is 0 Å². The lowest BCUT2D eigenvalue weighted by molar-refractivity contribution is -0.660. The highest BCUT2D eigenvalue weighted by Crippen LogP contribution is 2.42. The van der Waals surface area contributed by atoms with Crippen LogP contribution in [0.25, 0.3) is 132 Å². The molecule has 0 bridgehead atoms. The number of aromatic nitrogens is 6. The molecule has 0 spiro atoms. The van der Waals surface area contributed by atoms with Crippen molar-refractivity contribution in [2.45, 2.75) is 20.8 Å². The van der Waals surface area contributed by atoms with Gasteiger partial charge in [0.2, 0.25) is 17.1 Å². The van der Waals surface area contributed by atoms with Gasteiger partial charge in [0.05, 0.1) is 27.6 Å². The first-order chi connectivity index (χ1) is 36.7.